The maximum absolute atomic E-state index is 6.57. The van der Waals surface area contributed by atoms with Crippen LogP contribution < -0.4 is 4.90 Å². The van der Waals surface area contributed by atoms with Crippen molar-refractivity contribution in [2.75, 3.05) is 4.90 Å². The Hall–Kier alpha value is -7.62. The van der Waals surface area contributed by atoms with Gasteiger partial charge in [0.2, 0.25) is 0 Å². The number of fused-ring (bicyclic) bond motifs is 6. The minimum Gasteiger partial charge on any atom is -0.456 e. The zero-order chi connectivity index (χ0) is 37.7. The smallest absolute Gasteiger partial charge is 0.136 e. The lowest BCUT2D eigenvalue weighted by Gasteiger charge is -2.30. The van der Waals surface area contributed by atoms with Crippen molar-refractivity contribution in [1.82, 2.24) is 0 Å². The second-order valence-electron chi connectivity index (χ2n) is 14.5. The number of para-hydroxylation sites is 3. The first kappa shape index (κ1) is 32.8. The van der Waals surface area contributed by atoms with Crippen LogP contribution in [0.1, 0.15) is 0 Å². The Morgan fingerprint density at radius 1 is 0.298 bits per heavy atom. The highest BCUT2D eigenvalue weighted by atomic mass is 16.3. The van der Waals surface area contributed by atoms with Gasteiger partial charge in [0.1, 0.15) is 22.3 Å². The molecule has 2 aromatic heterocycles. The fourth-order valence-corrected chi connectivity index (χ4v) is 8.42. The van der Waals surface area contributed by atoms with E-state index in [2.05, 4.69) is 199 Å². The molecule has 0 aliphatic carbocycles. The molecule has 0 N–H and O–H groups in total. The first-order valence-corrected chi connectivity index (χ1v) is 19.3. The molecule has 9 aromatic carbocycles. The molecule has 0 aliphatic rings. The van der Waals surface area contributed by atoms with Gasteiger partial charge >= 0.3 is 0 Å². The molecule has 0 amide bonds. The van der Waals surface area contributed by atoms with E-state index < -0.39 is 0 Å². The number of rotatable bonds is 7. The van der Waals surface area contributed by atoms with E-state index in [1.807, 2.05) is 18.2 Å². The summed E-state index contributed by atoms with van der Waals surface area (Å²) in [6.07, 6.45) is 0. The number of hydrogen-bond donors (Lipinski definition) is 0. The average Bonchev–Trinajstić information content (AvgIpc) is 3.86. The molecule has 0 spiro atoms. The molecule has 0 unspecified atom stereocenters. The van der Waals surface area contributed by atoms with Gasteiger partial charge in [0.15, 0.2) is 0 Å². The second kappa shape index (κ2) is 13.6. The van der Waals surface area contributed by atoms with E-state index in [9.17, 15) is 0 Å². The Morgan fingerprint density at radius 3 is 1.65 bits per heavy atom. The van der Waals surface area contributed by atoms with E-state index >= 15 is 0 Å². The topological polar surface area (TPSA) is 29.5 Å². The summed E-state index contributed by atoms with van der Waals surface area (Å²) >= 11 is 0. The molecule has 3 heteroatoms. The van der Waals surface area contributed by atoms with Crippen LogP contribution in [0.3, 0.4) is 0 Å². The molecular weight excluding hydrogens is 695 g/mol. The van der Waals surface area contributed by atoms with Crippen molar-refractivity contribution in [2.24, 2.45) is 0 Å². The van der Waals surface area contributed by atoms with Crippen LogP contribution in [0.15, 0.2) is 221 Å². The van der Waals surface area contributed by atoms with Gasteiger partial charge in [0.25, 0.3) is 0 Å². The van der Waals surface area contributed by atoms with Crippen molar-refractivity contribution in [1.29, 1.82) is 0 Å². The zero-order valence-corrected chi connectivity index (χ0v) is 31.0. The molecule has 0 aliphatic heterocycles. The highest BCUT2D eigenvalue weighted by Crippen LogP contribution is 2.50. The number of furan rings is 2. The molecule has 0 bridgehead atoms. The van der Waals surface area contributed by atoms with Gasteiger partial charge < -0.3 is 13.7 Å². The van der Waals surface area contributed by atoms with Gasteiger partial charge in [0, 0.05) is 38.4 Å². The summed E-state index contributed by atoms with van der Waals surface area (Å²) in [7, 11) is 0. The summed E-state index contributed by atoms with van der Waals surface area (Å²) in [5.41, 5.74) is 15.7. The van der Waals surface area contributed by atoms with E-state index in [1.165, 1.54) is 11.1 Å². The molecule has 2 heterocycles. The van der Waals surface area contributed by atoms with Crippen LogP contribution in [0, 0.1) is 0 Å². The number of benzene rings is 9. The minimum absolute atomic E-state index is 0.850. The maximum atomic E-state index is 6.57. The van der Waals surface area contributed by atoms with Gasteiger partial charge in [-0.2, -0.15) is 0 Å². The largest absolute Gasteiger partial charge is 0.456 e. The van der Waals surface area contributed by atoms with E-state index in [0.29, 0.717) is 0 Å². The highest BCUT2D eigenvalue weighted by Gasteiger charge is 2.25. The Labute approximate surface area is 330 Å². The predicted octanol–water partition coefficient (Wildman–Crippen LogP) is 15.6. The maximum Gasteiger partial charge on any atom is 0.136 e. The highest BCUT2D eigenvalue weighted by molar-refractivity contribution is 6.17. The van der Waals surface area contributed by atoms with Gasteiger partial charge in [-0.25, -0.2) is 0 Å². The third kappa shape index (κ3) is 5.68. The predicted molar refractivity (Wildman–Crippen MR) is 237 cm³/mol. The van der Waals surface area contributed by atoms with Crippen molar-refractivity contribution in [3.8, 4) is 44.5 Å². The summed E-state index contributed by atoms with van der Waals surface area (Å²) in [6, 6.07) is 75.2. The Bertz CT molecular complexity index is 3230. The molecule has 0 fully saturated rings. The van der Waals surface area contributed by atoms with E-state index in [4.69, 9.17) is 8.83 Å². The van der Waals surface area contributed by atoms with Gasteiger partial charge in [-0.05, 0) is 94.0 Å². The fraction of sp³-hybridized carbons (Fsp3) is 0. The summed E-state index contributed by atoms with van der Waals surface area (Å²) < 4.78 is 13.0. The number of anilines is 3. The standard InChI is InChI=1S/C54H35NO2/c1-3-14-36(15-4-1)38-26-29-42(30-27-38)55(47-23-10-7-20-43(47)40-28-31-45-44-21-8-11-24-49(44)57-52(45)35-40)48-32-33-51-54(46-22-9-12-25-50(46)56-51)53(48)41-19-13-18-39(34-41)37-16-5-2-6-17-37/h1-35H. The molecule has 57 heavy (non-hydrogen) atoms. The van der Waals surface area contributed by atoms with Crippen molar-refractivity contribution < 1.29 is 8.83 Å². The summed E-state index contributed by atoms with van der Waals surface area (Å²) in [6.45, 7) is 0. The van der Waals surface area contributed by atoms with Crippen LogP contribution >= 0.6 is 0 Å². The minimum atomic E-state index is 0.850. The van der Waals surface area contributed by atoms with Crippen LogP contribution in [0.4, 0.5) is 17.1 Å². The molecule has 0 radical (unpaired) electrons. The molecular formula is C54H35NO2. The number of hydrogen-bond acceptors (Lipinski definition) is 3. The number of nitrogens with zero attached hydrogens (tertiary/aromatic N) is 1. The quantitative estimate of drug-likeness (QED) is 0.164. The SMILES string of the molecule is c1ccc(-c2ccc(N(c3ccccc3-c3ccc4c(c3)oc3ccccc34)c3ccc4oc5ccccc5c4c3-c3cccc(-c4ccccc4)c3)cc2)cc1. The molecule has 0 saturated heterocycles. The third-order valence-corrected chi connectivity index (χ3v) is 11.1. The molecule has 0 atom stereocenters. The van der Waals surface area contributed by atoms with Gasteiger partial charge in [-0.1, -0.05) is 152 Å². The van der Waals surface area contributed by atoms with Crippen LogP contribution in [-0.4, -0.2) is 0 Å². The van der Waals surface area contributed by atoms with E-state index in [-0.39, 0.29) is 0 Å². The van der Waals surface area contributed by atoms with Crippen molar-refractivity contribution in [3.63, 3.8) is 0 Å². The summed E-state index contributed by atoms with van der Waals surface area (Å²) in [5.74, 6) is 0. The Kier molecular flexibility index (Phi) is 7.82. The third-order valence-electron chi connectivity index (χ3n) is 11.1. The van der Waals surface area contributed by atoms with Gasteiger partial charge in [0.05, 0.1) is 11.4 Å². The monoisotopic (exact) mass is 729 g/mol. The van der Waals surface area contributed by atoms with E-state index in [0.717, 1.165) is 94.3 Å². The van der Waals surface area contributed by atoms with Crippen LogP contribution in [0.2, 0.25) is 0 Å². The lowest BCUT2D eigenvalue weighted by molar-refractivity contribution is 0.668. The first-order valence-electron chi connectivity index (χ1n) is 19.3. The first-order chi connectivity index (χ1) is 28.3. The Balaban J connectivity index is 1.19. The van der Waals surface area contributed by atoms with Crippen molar-refractivity contribution in [2.45, 2.75) is 0 Å². The van der Waals surface area contributed by atoms with E-state index in [1.54, 1.807) is 0 Å². The second-order valence-corrected chi connectivity index (χ2v) is 14.5. The lowest BCUT2D eigenvalue weighted by Crippen LogP contribution is -2.12. The molecule has 3 nitrogen and oxygen atoms in total. The van der Waals surface area contributed by atoms with Gasteiger partial charge in [-0.3, -0.25) is 0 Å². The molecule has 268 valence electrons. The average molecular weight is 730 g/mol. The summed E-state index contributed by atoms with van der Waals surface area (Å²) in [4.78, 5) is 2.42. The van der Waals surface area contributed by atoms with Gasteiger partial charge in [-0.15, -0.1) is 0 Å². The van der Waals surface area contributed by atoms with Crippen LogP contribution in [0.25, 0.3) is 88.4 Å². The van der Waals surface area contributed by atoms with Crippen LogP contribution in [-0.2, 0) is 0 Å². The van der Waals surface area contributed by atoms with Crippen LogP contribution in [0.5, 0.6) is 0 Å². The lowest BCUT2D eigenvalue weighted by atomic mass is 9.93. The zero-order valence-electron chi connectivity index (χ0n) is 31.0. The van der Waals surface area contributed by atoms with Crippen molar-refractivity contribution in [3.05, 3.63) is 212 Å². The molecule has 11 aromatic rings. The molecule has 11 rings (SSSR count). The normalized spacial score (nSPS) is 11.5. The fourth-order valence-electron chi connectivity index (χ4n) is 8.42. The van der Waals surface area contributed by atoms with Crippen molar-refractivity contribution >= 4 is 60.9 Å². The molecule has 0 saturated carbocycles. The Morgan fingerprint density at radius 2 is 0.860 bits per heavy atom. The summed E-state index contributed by atoms with van der Waals surface area (Å²) in [5, 5.41) is 4.39.